The molecule has 20 heavy (non-hydrogen) atoms. The van der Waals surface area contributed by atoms with E-state index in [-0.39, 0.29) is 0 Å². The van der Waals surface area contributed by atoms with E-state index in [0.29, 0.717) is 0 Å². The Balaban J connectivity index is 2.45. The van der Waals surface area contributed by atoms with Crippen molar-refractivity contribution in [3.05, 3.63) is 67.3 Å². The lowest BCUT2D eigenvalue weighted by Gasteiger charge is -2.12. The van der Waals surface area contributed by atoms with Crippen LogP contribution in [-0.2, 0) is 0 Å². The molecule has 0 fully saturated rings. The van der Waals surface area contributed by atoms with Crippen molar-refractivity contribution in [2.24, 2.45) is 0 Å². The van der Waals surface area contributed by atoms with Gasteiger partial charge in [0.15, 0.2) is 11.6 Å². The maximum absolute atomic E-state index is 13.6. The highest BCUT2D eigenvalue weighted by atomic mass is 127. The fourth-order valence-corrected chi connectivity index (χ4v) is 4.51. The van der Waals surface area contributed by atoms with Crippen LogP contribution in [0.2, 0.25) is 0 Å². The number of rotatable bonds is 1. The van der Waals surface area contributed by atoms with Gasteiger partial charge in [0.2, 0.25) is 0 Å². The summed E-state index contributed by atoms with van der Waals surface area (Å²) in [5, 5.41) is 1.48. The molecule has 0 radical (unpaired) electrons. The zero-order valence-corrected chi connectivity index (χ0v) is 14.4. The van der Waals surface area contributed by atoms with E-state index in [2.05, 4.69) is 45.2 Å². The Morgan fingerprint density at radius 1 is 0.700 bits per heavy atom. The molecule has 0 nitrogen and oxygen atoms in total. The maximum Gasteiger partial charge on any atom is 0.159 e. The topological polar surface area (TPSA) is 0 Å². The Morgan fingerprint density at radius 3 is 1.95 bits per heavy atom. The minimum absolute atomic E-state index is 0.740. The van der Waals surface area contributed by atoms with E-state index < -0.39 is 11.6 Å². The Hall–Kier alpha value is -0.760. The van der Waals surface area contributed by atoms with Gasteiger partial charge in [0.05, 0.1) is 0 Å². The predicted molar refractivity (Wildman–Crippen MR) is 94.7 cm³/mol. The van der Waals surface area contributed by atoms with Crippen LogP contribution in [0.5, 0.6) is 0 Å². The number of hydrogen-bond acceptors (Lipinski definition) is 0. The summed E-state index contributed by atoms with van der Waals surface area (Å²) < 4.78 is 29.1. The number of halogens is 4. The fraction of sp³-hybridized carbons (Fsp3) is 0. The molecule has 3 aromatic carbocycles. The molecule has 0 amide bonds. The normalized spacial score (nSPS) is 11.0. The van der Waals surface area contributed by atoms with E-state index in [0.717, 1.165) is 29.0 Å². The summed E-state index contributed by atoms with van der Waals surface area (Å²) in [6, 6.07) is 14.3. The molecule has 0 saturated carbocycles. The highest BCUT2D eigenvalue weighted by Gasteiger charge is 2.14. The van der Waals surface area contributed by atoms with E-state index in [4.69, 9.17) is 0 Å². The summed E-state index contributed by atoms with van der Waals surface area (Å²) in [5.41, 5.74) is 1.95. The second-order valence-electron chi connectivity index (χ2n) is 4.39. The van der Waals surface area contributed by atoms with E-state index >= 15 is 0 Å². The van der Waals surface area contributed by atoms with Gasteiger partial charge in [-0.25, -0.2) is 8.78 Å². The van der Waals surface area contributed by atoms with Gasteiger partial charge in [0.1, 0.15) is 0 Å². The van der Waals surface area contributed by atoms with E-state index in [9.17, 15) is 8.78 Å². The van der Waals surface area contributed by atoms with Gasteiger partial charge in [-0.3, -0.25) is 0 Å². The van der Waals surface area contributed by atoms with Crippen molar-refractivity contribution < 1.29 is 8.78 Å². The number of fused-ring (bicyclic) bond motifs is 1. The third-order valence-corrected chi connectivity index (χ3v) is 4.89. The van der Waals surface area contributed by atoms with E-state index in [1.807, 2.05) is 36.4 Å². The zero-order valence-electron chi connectivity index (χ0n) is 10.1. The lowest BCUT2D eigenvalue weighted by molar-refractivity contribution is 0.511. The van der Waals surface area contributed by atoms with E-state index in [1.54, 1.807) is 0 Å². The molecule has 0 saturated heterocycles. The first-order valence-corrected chi connectivity index (χ1v) is 8.06. The monoisotopic (exact) mass is 492 g/mol. The van der Waals surface area contributed by atoms with Crippen LogP contribution in [0.15, 0.2) is 48.5 Å². The quantitative estimate of drug-likeness (QED) is 0.366. The second kappa shape index (κ2) is 5.55. The van der Waals surface area contributed by atoms with Gasteiger partial charge in [-0.15, -0.1) is 0 Å². The SMILES string of the molecule is Fc1cc2c(I)cc(I)c(-c3ccccc3)c2cc1F. The summed E-state index contributed by atoms with van der Waals surface area (Å²) in [6.45, 7) is 0. The molecular formula is C16H8F2I2. The third kappa shape index (κ3) is 2.43. The Labute approximate surface area is 142 Å². The Kier molecular flexibility index (Phi) is 3.94. The summed E-state index contributed by atoms with van der Waals surface area (Å²) in [4.78, 5) is 0. The molecule has 0 aliphatic rings. The molecule has 0 heterocycles. The minimum Gasteiger partial charge on any atom is -0.204 e. The van der Waals surface area contributed by atoms with Gasteiger partial charge in [-0.05, 0) is 79.7 Å². The van der Waals surface area contributed by atoms with Crippen LogP contribution >= 0.6 is 45.2 Å². The van der Waals surface area contributed by atoms with Crippen LogP contribution in [0.1, 0.15) is 0 Å². The highest BCUT2D eigenvalue weighted by Crippen LogP contribution is 2.36. The first-order valence-electron chi connectivity index (χ1n) is 5.90. The van der Waals surface area contributed by atoms with Crippen LogP contribution in [0.25, 0.3) is 21.9 Å². The molecule has 0 spiro atoms. The van der Waals surface area contributed by atoms with Gasteiger partial charge in [0, 0.05) is 12.7 Å². The zero-order chi connectivity index (χ0) is 14.3. The minimum atomic E-state index is -0.813. The summed E-state index contributed by atoms with van der Waals surface area (Å²) in [5.74, 6) is -1.62. The van der Waals surface area contributed by atoms with Gasteiger partial charge in [-0.2, -0.15) is 0 Å². The van der Waals surface area contributed by atoms with Crippen molar-refractivity contribution in [2.45, 2.75) is 0 Å². The average molecular weight is 492 g/mol. The molecule has 0 N–H and O–H groups in total. The average Bonchev–Trinajstić information content (AvgIpc) is 2.42. The first-order chi connectivity index (χ1) is 9.58. The highest BCUT2D eigenvalue weighted by molar-refractivity contribution is 14.1. The van der Waals surface area contributed by atoms with Crippen molar-refractivity contribution in [1.82, 2.24) is 0 Å². The van der Waals surface area contributed by atoms with Crippen LogP contribution in [0, 0.1) is 18.8 Å². The molecule has 100 valence electrons. The lowest BCUT2D eigenvalue weighted by atomic mass is 9.98. The van der Waals surface area contributed by atoms with Crippen molar-refractivity contribution in [1.29, 1.82) is 0 Å². The third-order valence-electron chi connectivity index (χ3n) is 3.14. The van der Waals surface area contributed by atoms with Crippen LogP contribution in [-0.4, -0.2) is 0 Å². The molecule has 3 rings (SSSR count). The molecule has 0 aliphatic carbocycles. The smallest absolute Gasteiger partial charge is 0.159 e. The van der Waals surface area contributed by atoms with Gasteiger partial charge < -0.3 is 0 Å². The second-order valence-corrected chi connectivity index (χ2v) is 6.72. The van der Waals surface area contributed by atoms with Gasteiger partial charge in [0.25, 0.3) is 0 Å². The number of benzene rings is 3. The number of hydrogen-bond donors (Lipinski definition) is 0. The maximum atomic E-state index is 13.6. The predicted octanol–water partition coefficient (Wildman–Crippen LogP) is 5.99. The molecule has 0 aliphatic heterocycles. The Bertz CT molecular complexity index is 799. The molecule has 0 atom stereocenters. The largest absolute Gasteiger partial charge is 0.204 e. The van der Waals surface area contributed by atoms with Gasteiger partial charge in [-0.1, -0.05) is 30.3 Å². The Morgan fingerprint density at radius 2 is 1.30 bits per heavy atom. The van der Waals surface area contributed by atoms with E-state index in [1.165, 1.54) is 12.1 Å². The van der Waals surface area contributed by atoms with Crippen LogP contribution < -0.4 is 0 Å². The van der Waals surface area contributed by atoms with Crippen molar-refractivity contribution >= 4 is 56.0 Å². The summed E-state index contributed by atoms with van der Waals surface area (Å²) in [7, 11) is 0. The first kappa shape index (κ1) is 14.2. The standard InChI is InChI=1S/C16H8F2I2/c17-12-6-10-11(7-13(12)18)16(15(20)8-14(10)19)9-4-2-1-3-5-9/h1-8H. The van der Waals surface area contributed by atoms with Crippen LogP contribution in [0.4, 0.5) is 8.78 Å². The van der Waals surface area contributed by atoms with Crippen molar-refractivity contribution in [3.8, 4) is 11.1 Å². The fourth-order valence-electron chi connectivity index (χ4n) is 2.24. The summed E-state index contributed by atoms with van der Waals surface area (Å²) in [6.07, 6.45) is 0. The molecule has 0 aromatic heterocycles. The van der Waals surface area contributed by atoms with Crippen molar-refractivity contribution in [2.75, 3.05) is 0 Å². The van der Waals surface area contributed by atoms with Crippen LogP contribution in [0.3, 0.4) is 0 Å². The molecule has 0 bridgehead atoms. The molecule has 4 heteroatoms. The molecular weight excluding hydrogens is 484 g/mol. The molecule has 3 aromatic rings. The summed E-state index contributed by atoms with van der Waals surface area (Å²) >= 11 is 4.39. The van der Waals surface area contributed by atoms with Crippen molar-refractivity contribution in [3.63, 3.8) is 0 Å². The lowest BCUT2D eigenvalue weighted by Crippen LogP contribution is -1.92. The molecule has 0 unspecified atom stereocenters. The van der Waals surface area contributed by atoms with Gasteiger partial charge >= 0.3 is 0 Å².